The highest BCUT2D eigenvalue weighted by Gasteiger charge is 2.18. The van der Waals surface area contributed by atoms with Gasteiger partial charge in [0.05, 0.1) is 26.0 Å². The Morgan fingerprint density at radius 1 is 1.47 bits per heavy atom. The average molecular weight is 330 g/mol. The highest BCUT2D eigenvalue weighted by molar-refractivity contribution is 9.10. The second-order valence-electron chi connectivity index (χ2n) is 4.09. The number of hydrogen-bond donors (Lipinski definition) is 0. The summed E-state index contributed by atoms with van der Waals surface area (Å²) in [4.78, 5) is 23.2. The first kappa shape index (κ1) is 14.2. The second-order valence-corrected chi connectivity index (χ2v) is 4.84. The zero-order chi connectivity index (χ0) is 13.8. The zero-order valence-electron chi connectivity index (χ0n) is 10.9. The summed E-state index contributed by atoms with van der Waals surface area (Å²) in [6.45, 7) is 3.07. The van der Waals surface area contributed by atoms with Gasteiger partial charge in [-0.15, -0.1) is 0 Å². The molecule has 1 saturated heterocycles. The van der Waals surface area contributed by atoms with E-state index < -0.39 is 0 Å². The van der Waals surface area contributed by atoms with Gasteiger partial charge in [-0.2, -0.15) is 0 Å². The second kappa shape index (κ2) is 6.31. The summed E-state index contributed by atoms with van der Waals surface area (Å²) in [5.41, 5.74) is 1.31. The zero-order valence-corrected chi connectivity index (χ0v) is 12.5. The van der Waals surface area contributed by atoms with E-state index >= 15 is 0 Å². The van der Waals surface area contributed by atoms with Crippen molar-refractivity contribution in [3.8, 4) is 0 Å². The molecule has 6 nitrogen and oxygen atoms in total. The molecule has 19 heavy (non-hydrogen) atoms. The van der Waals surface area contributed by atoms with Crippen molar-refractivity contribution in [2.75, 3.05) is 45.4 Å². The Morgan fingerprint density at radius 3 is 2.74 bits per heavy atom. The van der Waals surface area contributed by atoms with E-state index in [0.717, 1.165) is 23.8 Å². The molecule has 7 heteroatoms. The Labute approximate surface area is 120 Å². The summed E-state index contributed by atoms with van der Waals surface area (Å²) in [7, 11) is 2.99. The standard InChI is InChI=1S/C12H16BrN3O3/c1-15(18-2)12(17)9-3-4-10(11(13)14-9)16-5-7-19-8-6-16/h3-4H,5-8H2,1-2H3. The van der Waals surface area contributed by atoms with E-state index in [4.69, 9.17) is 9.57 Å². The first-order valence-corrected chi connectivity index (χ1v) is 6.74. The van der Waals surface area contributed by atoms with Crippen LogP contribution >= 0.6 is 15.9 Å². The first-order chi connectivity index (χ1) is 9.13. The number of ether oxygens (including phenoxy) is 1. The van der Waals surface area contributed by atoms with Gasteiger partial charge in [0, 0.05) is 20.1 Å². The van der Waals surface area contributed by atoms with Gasteiger partial charge in [-0.05, 0) is 28.1 Å². The van der Waals surface area contributed by atoms with E-state index in [2.05, 4.69) is 25.8 Å². The minimum atomic E-state index is -0.281. The van der Waals surface area contributed by atoms with E-state index in [1.807, 2.05) is 6.07 Å². The van der Waals surface area contributed by atoms with Crippen LogP contribution in [-0.4, -0.2) is 56.4 Å². The molecule has 0 aromatic carbocycles. The first-order valence-electron chi connectivity index (χ1n) is 5.95. The summed E-state index contributed by atoms with van der Waals surface area (Å²) >= 11 is 3.42. The monoisotopic (exact) mass is 329 g/mol. The smallest absolute Gasteiger partial charge is 0.295 e. The van der Waals surface area contributed by atoms with Gasteiger partial charge >= 0.3 is 0 Å². The maximum Gasteiger partial charge on any atom is 0.295 e. The van der Waals surface area contributed by atoms with Crippen LogP contribution in [0.1, 0.15) is 10.5 Å². The van der Waals surface area contributed by atoms with Crippen LogP contribution in [0.5, 0.6) is 0 Å². The van der Waals surface area contributed by atoms with Crippen LogP contribution < -0.4 is 4.90 Å². The van der Waals surface area contributed by atoms with Crippen molar-refractivity contribution in [3.05, 3.63) is 22.4 Å². The summed E-state index contributed by atoms with van der Waals surface area (Å²) < 4.78 is 5.97. The number of hydrogen-bond acceptors (Lipinski definition) is 5. The SMILES string of the molecule is CON(C)C(=O)c1ccc(N2CCOCC2)c(Br)n1. The number of halogens is 1. The van der Waals surface area contributed by atoms with Crippen LogP contribution in [-0.2, 0) is 9.57 Å². The van der Waals surface area contributed by atoms with Crippen LogP contribution in [0.25, 0.3) is 0 Å². The summed E-state index contributed by atoms with van der Waals surface area (Å²) in [5, 5.41) is 1.14. The fraction of sp³-hybridized carbons (Fsp3) is 0.500. The third kappa shape index (κ3) is 3.23. The molecule has 104 valence electrons. The van der Waals surface area contributed by atoms with Crippen LogP contribution in [0.3, 0.4) is 0 Å². The molecule has 0 radical (unpaired) electrons. The molecule has 2 rings (SSSR count). The Balaban J connectivity index is 2.19. The lowest BCUT2D eigenvalue weighted by Crippen LogP contribution is -2.36. The normalized spacial score (nSPS) is 15.4. The van der Waals surface area contributed by atoms with Crippen molar-refractivity contribution in [2.45, 2.75) is 0 Å². The largest absolute Gasteiger partial charge is 0.378 e. The predicted octanol–water partition coefficient (Wildman–Crippen LogP) is 1.31. The van der Waals surface area contributed by atoms with Crippen molar-refractivity contribution in [1.29, 1.82) is 0 Å². The highest BCUT2D eigenvalue weighted by atomic mass is 79.9. The molecule has 1 aromatic rings. The van der Waals surface area contributed by atoms with Crippen LogP contribution in [0.15, 0.2) is 16.7 Å². The molecule has 1 aromatic heterocycles. The Bertz CT molecular complexity index is 464. The van der Waals surface area contributed by atoms with Crippen molar-refractivity contribution in [2.24, 2.45) is 0 Å². The molecule has 1 aliphatic rings. The van der Waals surface area contributed by atoms with Gasteiger partial charge in [0.25, 0.3) is 5.91 Å². The topological polar surface area (TPSA) is 54.9 Å². The number of rotatable bonds is 3. The molecular formula is C12H16BrN3O3. The van der Waals surface area contributed by atoms with Crippen LogP contribution in [0.4, 0.5) is 5.69 Å². The molecule has 0 saturated carbocycles. The lowest BCUT2D eigenvalue weighted by molar-refractivity contribution is -0.0760. The van der Waals surface area contributed by atoms with E-state index in [1.165, 1.54) is 7.11 Å². The number of amides is 1. The molecule has 1 amide bonds. The maximum atomic E-state index is 11.9. The average Bonchev–Trinajstić information content (AvgIpc) is 2.46. The number of morpholine rings is 1. The van der Waals surface area contributed by atoms with Gasteiger partial charge in [-0.3, -0.25) is 9.63 Å². The van der Waals surface area contributed by atoms with Crippen molar-refractivity contribution >= 4 is 27.5 Å². The number of hydroxylamine groups is 2. The summed E-state index contributed by atoms with van der Waals surface area (Å²) in [5.74, 6) is -0.281. The lowest BCUT2D eigenvalue weighted by atomic mass is 10.3. The molecule has 0 bridgehead atoms. The fourth-order valence-corrected chi connectivity index (χ4v) is 2.40. The molecule has 1 aliphatic heterocycles. The Morgan fingerprint density at radius 2 is 2.16 bits per heavy atom. The lowest BCUT2D eigenvalue weighted by Gasteiger charge is -2.29. The van der Waals surface area contributed by atoms with Gasteiger partial charge in [-0.1, -0.05) is 0 Å². The minimum absolute atomic E-state index is 0.281. The molecule has 0 atom stereocenters. The molecule has 2 heterocycles. The number of nitrogens with zero attached hydrogens (tertiary/aromatic N) is 3. The molecule has 0 N–H and O–H groups in total. The van der Waals surface area contributed by atoms with Gasteiger partial charge in [0.1, 0.15) is 10.3 Å². The number of aromatic nitrogens is 1. The van der Waals surface area contributed by atoms with E-state index in [1.54, 1.807) is 13.1 Å². The van der Waals surface area contributed by atoms with Gasteiger partial charge in [-0.25, -0.2) is 10.0 Å². The highest BCUT2D eigenvalue weighted by Crippen LogP contribution is 2.25. The van der Waals surface area contributed by atoms with E-state index in [9.17, 15) is 4.79 Å². The maximum absolute atomic E-state index is 11.9. The van der Waals surface area contributed by atoms with Crippen LogP contribution in [0.2, 0.25) is 0 Å². The number of pyridine rings is 1. The molecule has 0 spiro atoms. The fourth-order valence-electron chi connectivity index (χ4n) is 1.83. The Kier molecular flexibility index (Phi) is 4.73. The van der Waals surface area contributed by atoms with Gasteiger partial charge in [0.15, 0.2) is 0 Å². The quantitative estimate of drug-likeness (QED) is 0.618. The third-order valence-electron chi connectivity index (χ3n) is 2.96. The molecule has 0 aliphatic carbocycles. The third-order valence-corrected chi connectivity index (χ3v) is 3.54. The molecule has 1 fully saturated rings. The summed E-state index contributed by atoms with van der Waals surface area (Å²) in [6, 6.07) is 3.59. The van der Waals surface area contributed by atoms with Gasteiger partial charge in [0.2, 0.25) is 0 Å². The summed E-state index contributed by atoms with van der Waals surface area (Å²) in [6.07, 6.45) is 0. The van der Waals surface area contributed by atoms with Crippen molar-refractivity contribution in [1.82, 2.24) is 10.0 Å². The minimum Gasteiger partial charge on any atom is -0.378 e. The van der Waals surface area contributed by atoms with Crippen molar-refractivity contribution in [3.63, 3.8) is 0 Å². The predicted molar refractivity (Wildman–Crippen MR) is 74.1 cm³/mol. The van der Waals surface area contributed by atoms with E-state index in [-0.39, 0.29) is 5.91 Å². The number of carbonyl (C=O) groups excluding carboxylic acids is 1. The van der Waals surface area contributed by atoms with Crippen molar-refractivity contribution < 1.29 is 14.4 Å². The van der Waals surface area contributed by atoms with Gasteiger partial charge < -0.3 is 9.64 Å². The van der Waals surface area contributed by atoms with E-state index in [0.29, 0.717) is 23.5 Å². The Hall–Kier alpha value is -1.18. The number of anilines is 1. The molecule has 0 unspecified atom stereocenters. The van der Waals surface area contributed by atoms with Crippen LogP contribution in [0, 0.1) is 0 Å². The number of carbonyl (C=O) groups is 1. The molecular weight excluding hydrogens is 314 g/mol.